The van der Waals surface area contributed by atoms with Crippen molar-refractivity contribution < 1.29 is 4.79 Å². The lowest BCUT2D eigenvalue weighted by molar-refractivity contribution is -0.133. The second-order valence-corrected chi connectivity index (χ2v) is 9.55. The zero-order valence-corrected chi connectivity index (χ0v) is 18.0. The number of imidazole rings is 1. The van der Waals surface area contributed by atoms with Crippen molar-refractivity contribution in [2.45, 2.75) is 25.3 Å². The average Bonchev–Trinajstić information content (AvgIpc) is 3.44. The molecule has 6 nitrogen and oxygen atoms in total. The molecule has 1 N–H and O–H groups in total. The summed E-state index contributed by atoms with van der Waals surface area (Å²) >= 11 is 6.74. The van der Waals surface area contributed by atoms with Crippen LogP contribution in [0.1, 0.15) is 33.9 Å². The van der Waals surface area contributed by atoms with Crippen molar-refractivity contribution in [3.8, 4) is 0 Å². The highest BCUT2D eigenvalue weighted by Crippen LogP contribution is 2.38. The quantitative estimate of drug-likeness (QED) is 0.478. The fraction of sp³-hybridized carbons (Fsp3) is 0.263. The van der Waals surface area contributed by atoms with E-state index in [1.165, 1.54) is 0 Å². The molecule has 142 valence electrons. The van der Waals surface area contributed by atoms with Crippen molar-refractivity contribution in [3.05, 3.63) is 62.0 Å². The summed E-state index contributed by atoms with van der Waals surface area (Å²) in [5.74, 6) is 0.120. The molecule has 1 aliphatic rings. The molecule has 0 aliphatic carbocycles. The first-order valence-electron chi connectivity index (χ1n) is 8.95. The van der Waals surface area contributed by atoms with E-state index < -0.39 is 0 Å². The number of hydrogen-bond donors (Lipinski definition) is 1. The Morgan fingerprint density at radius 2 is 2.29 bits per heavy atom. The molecule has 4 heterocycles. The molecule has 5 rings (SSSR count). The van der Waals surface area contributed by atoms with Gasteiger partial charge in [0, 0.05) is 47.6 Å². The lowest BCUT2D eigenvalue weighted by atomic mass is 10.0. The zero-order valence-electron chi connectivity index (χ0n) is 14.8. The van der Waals surface area contributed by atoms with Gasteiger partial charge in [-0.05, 0) is 18.2 Å². The van der Waals surface area contributed by atoms with E-state index in [9.17, 15) is 4.79 Å². The van der Waals surface area contributed by atoms with Gasteiger partial charge in [0.2, 0.25) is 5.91 Å². The van der Waals surface area contributed by atoms with Crippen LogP contribution in [0.15, 0.2) is 40.6 Å². The van der Waals surface area contributed by atoms with Crippen molar-refractivity contribution in [2.24, 2.45) is 0 Å². The first-order valence-corrected chi connectivity index (χ1v) is 11.4. The van der Waals surface area contributed by atoms with Crippen LogP contribution in [0.5, 0.6) is 0 Å². The van der Waals surface area contributed by atoms with Gasteiger partial charge in [-0.15, -0.1) is 22.7 Å². The number of aromatic nitrogens is 4. The van der Waals surface area contributed by atoms with Gasteiger partial charge >= 0.3 is 0 Å². The number of carbonyl (C=O) groups is 1. The minimum Gasteiger partial charge on any atom is -0.348 e. The number of benzene rings is 1. The van der Waals surface area contributed by atoms with Crippen LogP contribution in [0, 0.1) is 0 Å². The normalized spacial score (nSPS) is 16.5. The molecule has 9 heteroatoms. The molecule has 1 amide bonds. The second kappa shape index (κ2) is 7.38. The third-order valence-electron chi connectivity index (χ3n) is 4.88. The number of aryl methyl sites for hydroxylation is 1. The summed E-state index contributed by atoms with van der Waals surface area (Å²) in [6.07, 6.45) is 5.39. The van der Waals surface area contributed by atoms with Gasteiger partial charge in [0.15, 0.2) is 0 Å². The minimum atomic E-state index is -0.241. The van der Waals surface area contributed by atoms with E-state index >= 15 is 0 Å². The molecule has 0 saturated carbocycles. The number of nitrogens with one attached hydrogen (secondary N) is 1. The predicted molar refractivity (Wildman–Crippen MR) is 114 cm³/mol. The Hall–Kier alpha value is -2.10. The van der Waals surface area contributed by atoms with Gasteiger partial charge in [0.05, 0.1) is 27.2 Å². The van der Waals surface area contributed by atoms with E-state index in [1.807, 2.05) is 22.4 Å². The molecule has 0 spiro atoms. The third kappa shape index (κ3) is 3.27. The molecule has 0 saturated heterocycles. The number of thiazole rings is 2. The molecule has 3 aromatic heterocycles. The maximum atomic E-state index is 13.1. The Morgan fingerprint density at radius 1 is 1.36 bits per heavy atom. The second-order valence-electron chi connectivity index (χ2n) is 6.60. The third-order valence-corrected chi connectivity index (χ3v) is 7.29. The van der Waals surface area contributed by atoms with E-state index in [4.69, 9.17) is 4.98 Å². The van der Waals surface area contributed by atoms with Crippen molar-refractivity contribution >= 4 is 54.7 Å². The number of hydrogen-bond acceptors (Lipinski definition) is 6. The SMILES string of the molecule is O=C(CCc1nccs1)N1CCc2[nH]cnc2[C@H]1c1nc2ccc(Br)cc2s1. The number of aromatic amines is 1. The smallest absolute Gasteiger partial charge is 0.223 e. The molecule has 0 unspecified atom stereocenters. The molecule has 28 heavy (non-hydrogen) atoms. The lowest BCUT2D eigenvalue weighted by Crippen LogP contribution is -2.40. The molecular weight excluding hydrogens is 458 g/mol. The molecule has 1 aromatic carbocycles. The molecule has 1 aliphatic heterocycles. The molecule has 0 fully saturated rings. The van der Waals surface area contributed by atoms with Crippen LogP contribution in [-0.4, -0.2) is 37.3 Å². The summed E-state index contributed by atoms with van der Waals surface area (Å²) in [5.41, 5.74) is 2.95. The summed E-state index contributed by atoms with van der Waals surface area (Å²) in [6, 6.07) is 5.82. The molecule has 4 aromatic rings. The van der Waals surface area contributed by atoms with Crippen LogP contribution in [0.3, 0.4) is 0 Å². The van der Waals surface area contributed by atoms with Crippen molar-refractivity contribution in [1.82, 2.24) is 24.8 Å². The Bertz CT molecular complexity index is 1140. The minimum absolute atomic E-state index is 0.120. The van der Waals surface area contributed by atoms with E-state index in [0.717, 1.165) is 42.5 Å². The first kappa shape index (κ1) is 18.0. The van der Waals surface area contributed by atoms with E-state index in [2.05, 4.69) is 36.9 Å². The summed E-state index contributed by atoms with van der Waals surface area (Å²) in [6.45, 7) is 0.663. The number of nitrogens with zero attached hydrogens (tertiary/aromatic N) is 4. The number of carbonyl (C=O) groups excluding carboxylic acids is 1. The van der Waals surface area contributed by atoms with Crippen LogP contribution >= 0.6 is 38.6 Å². The number of H-pyrrole nitrogens is 1. The maximum Gasteiger partial charge on any atom is 0.223 e. The van der Waals surface area contributed by atoms with Gasteiger partial charge < -0.3 is 9.88 Å². The highest BCUT2D eigenvalue weighted by molar-refractivity contribution is 9.10. The molecule has 0 bridgehead atoms. The largest absolute Gasteiger partial charge is 0.348 e. The summed E-state index contributed by atoms with van der Waals surface area (Å²) < 4.78 is 2.12. The Morgan fingerprint density at radius 3 is 3.14 bits per heavy atom. The Kier molecular flexibility index (Phi) is 4.73. The first-order chi connectivity index (χ1) is 13.7. The van der Waals surface area contributed by atoms with Crippen LogP contribution in [0.25, 0.3) is 10.2 Å². The molecular formula is C19H16BrN5OS2. The number of rotatable bonds is 4. The summed E-state index contributed by atoms with van der Waals surface area (Å²) in [7, 11) is 0. The van der Waals surface area contributed by atoms with Crippen molar-refractivity contribution in [3.63, 3.8) is 0 Å². The lowest BCUT2D eigenvalue weighted by Gasteiger charge is -2.33. The Labute approximate surface area is 177 Å². The topological polar surface area (TPSA) is 74.8 Å². The summed E-state index contributed by atoms with van der Waals surface area (Å²) in [5, 5.41) is 3.84. The monoisotopic (exact) mass is 473 g/mol. The number of amides is 1. The fourth-order valence-electron chi connectivity index (χ4n) is 3.56. The van der Waals surface area contributed by atoms with E-state index in [1.54, 1.807) is 35.2 Å². The van der Waals surface area contributed by atoms with Crippen LogP contribution in [0.4, 0.5) is 0 Å². The van der Waals surface area contributed by atoms with Crippen molar-refractivity contribution in [2.75, 3.05) is 6.54 Å². The van der Waals surface area contributed by atoms with Crippen LogP contribution < -0.4 is 0 Å². The number of fused-ring (bicyclic) bond motifs is 2. The van der Waals surface area contributed by atoms with Gasteiger partial charge in [-0.2, -0.15) is 0 Å². The fourth-order valence-corrected chi connectivity index (χ4v) is 5.82. The maximum absolute atomic E-state index is 13.1. The highest BCUT2D eigenvalue weighted by atomic mass is 79.9. The zero-order chi connectivity index (χ0) is 19.1. The predicted octanol–water partition coefficient (Wildman–Crippen LogP) is 4.35. The number of halogens is 1. The Balaban J connectivity index is 1.49. The van der Waals surface area contributed by atoms with Gasteiger partial charge in [-0.3, -0.25) is 4.79 Å². The van der Waals surface area contributed by atoms with Gasteiger partial charge in [-0.1, -0.05) is 15.9 Å². The van der Waals surface area contributed by atoms with E-state index in [0.29, 0.717) is 19.4 Å². The summed E-state index contributed by atoms with van der Waals surface area (Å²) in [4.78, 5) is 31.9. The highest BCUT2D eigenvalue weighted by Gasteiger charge is 2.35. The van der Waals surface area contributed by atoms with Gasteiger partial charge in [-0.25, -0.2) is 15.0 Å². The van der Waals surface area contributed by atoms with E-state index in [-0.39, 0.29) is 11.9 Å². The molecule has 1 atom stereocenters. The standard InChI is InChI=1S/C19H16BrN5OS2/c20-11-1-2-12-14(9-11)28-19(24-12)18-17-13(22-10-23-17)5-7-25(18)16(26)4-3-15-21-6-8-27-15/h1-2,6,8-10,18H,3-5,7H2,(H,22,23)/t18-/m0/s1. The van der Waals surface area contributed by atoms with Gasteiger partial charge in [0.1, 0.15) is 11.0 Å². The molecule has 0 radical (unpaired) electrons. The van der Waals surface area contributed by atoms with Crippen LogP contribution in [-0.2, 0) is 17.6 Å². The van der Waals surface area contributed by atoms with Crippen molar-refractivity contribution in [1.29, 1.82) is 0 Å². The average molecular weight is 474 g/mol. The van der Waals surface area contributed by atoms with Gasteiger partial charge in [0.25, 0.3) is 0 Å². The van der Waals surface area contributed by atoms with Crippen LogP contribution in [0.2, 0.25) is 0 Å².